The maximum atomic E-state index is 15.0. The highest BCUT2D eigenvalue weighted by atomic mass is 31.2. The van der Waals surface area contributed by atoms with Gasteiger partial charge in [-0.3, -0.25) is 53.0 Å². The Labute approximate surface area is 475 Å². The highest BCUT2D eigenvalue weighted by molar-refractivity contribution is 7.52. The van der Waals surface area contributed by atoms with Gasteiger partial charge in [0.25, 0.3) is 11.8 Å². The molecule has 83 heavy (non-hydrogen) atoms. The van der Waals surface area contributed by atoms with Crippen molar-refractivity contribution in [2.24, 2.45) is 5.73 Å². The number of hydrogen-bond donors (Lipinski definition) is 8. The average Bonchev–Trinajstić information content (AvgIpc) is 4.42. The largest absolute Gasteiger partial charge is 0.399 e. The number of carbonyl (C=O) groups is 9. The van der Waals surface area contributed by atoms with Crippen LogP contribution in [0.2, 0.25) is 0 Å². The summed E-state index contributed by atoms with van der Waals surface area (Å²) in [7, 11) is -5.93. The number of nitrogens with two attached hydrogens (primary N) is 1. The summed E-state index contributed by atoms with van der Waals surface area (Å²) in [5.74, 6) is 1.16. The van der Waals surface area contributed by atoms with Crippen molar-refractivity contribution in [2.75, 3.05) is 13.1 Å². The van der Waals surface area contributed by atoms with Crippen molar-refractivity contribution in [3.05, 3.63) is 142 Å². The normalized spacial score (nSPS) is 19.5. The van der Waals surface area contributed by atoms with Crippen LogP contribution in [-0.2, 0) is 50.3 Å². The van der Waals surface area contributed by atoms with Gasteiger partial charge in [-0.05, 0) is 98.0 Å². The number of aromatic nitrogens is 1. The van der Waals surface area contributed by atoms with Crippen LogP contribution in [0, 0.1) is 11.8 Å². The highest BCUT2D eigenvalue weighted by Crippen LogP contribution is 2.59. The third-order valence-corrected chi connectivity index (χ3v) is 16.5. The Kier molecular flexibility index (Phi) is 18.0. The van der Waals surface area contributed by atoms with Crippen LogP contribution in [0.4, 0.5) is 8.78 Å². The summed E-state index contributed by atoms with van der Waals surface area (Å²) in [5, 5.41) is 10.8. The van der Waals surface area contributed by atoms with Gasteiger partial charge in [0, 0.05) is 79.0 Å². The lowest BCUT2D eigenvalue weighted by atomic mass is 9.98. The Hall–Kier alpha value is -8.58. The highest BCUT2D eigenvalue weighted by Gasteiger charge is 2.51. The van der Waals surface area contributed by atoms with E-state index in [1.165, 1.54) is 20.8 Å². The second kappa shape index (κ2) is 25.3. The summed E-state index contributed by atoms with van der Waals surface area (Å²) in [4.78, 5) is 147. The maximum absolute atomic E-state index is 15.0. The fourth-order valence-electron chi connectivity index (χ4n) is 11.2. The quantitative estimate of drug-likeness (QED) is 0.0245. The number of fused-ring (bicyclic) bond motifs is 3. The number of hydrogen-bond acceptors (Lipinski definition) is 10. The van der Waals surface area contributed by atoms with E-state index in [-0.39, 0.29) is 98.9 Å². The van der Waals surface area contributed by atoms with Crippen molar-refractivity contribution in [2.45, 2.75) is 126 Å². The Balaban J connectivity index is 0.878. The molecule has 0 bridgehead atoms. The van der Waals surface area contributed by atoms with E-state index in [1.54, 1.807) is 12.1 Å². The monoisotopic (exact) mass is 1160 g/mol. The van der Waals surface area contributed by atoms with Crippen LogP contribution in [0.25, 0.3) is 10.9 Å². The van der Waals surface area contributed by atoms with Crippen molar-refractivity contribution in [3.8, 4) is 11.8 Å². The number of unbranched alkanes of at least 4 members (excludes halogenated alkanes) is 3. The Bertz CT molecular complexity index is 3430. The lowest BCUT2D eigenvalue weighted by Gasteiger charge is -2.39. The van der Waals surface area contributed by atoms with Gasteiger partial charge in [0.05, 0.1) is 6.04 Å². The third-order valence-electron chi connectivity index (χ3n) is 15.5. The minimum atomic E-state index is -5.93. The predicted octanol–water partition coefficient (Wildman–Crippen LogP) is 4.50. The van der Waals surface area contributed by atoms with Gasteiger partial charge in [-0.25, -0.2) is 0 Å². The SMILES string of the molecule is NC(=O)CC[C@H](NC(=O)[C@@H]1CC[C@@H]2CCN(C(=O)CCCCCC#Cc3ccc4c(c3)CN(C3CCC(=O)NC3=O)C4=O)C[C@H](NC(=O)c3cc4cc(C(F)(F)P(=O)(O)O)ccc4[nH]3)C(=O)N21)C(=O)NC(c1ccccc1)c1ccccc1. The molecule has 9 amide bonds. The van der Waals surface area contributed by atoms with Crippen molar-refractivity contribution in [3.63, 3.8) is 0 Å². The molecule has 1 unspecified atom stereocenters. The van der Waals surface area contributed by atoms with E-state index in [1.807, 2.05) is 66.7 Å². The first-order chi connectivity index (χ1) is 39.7. The fraction of sp³-hybridized carbons (Fsp3) is 0.373. The summed E-state index contributed by atoms with van der Waals surface area (Å²) in [5.41, 5.74) is 3.32. The molecular weight excluding hydrogens is 1100 g/mol. The topological polar surface area (TPSA) is 311 Å². The molecule has 5 atom stereocenters. The van der Waals surface area contributed by atoms with E-state index in [2.05, 4.69) is 38.1 Å². The lowest BCUT2D eigenvalue weighted by molar-refractivity contribution is -0.145. The van der Waals surface area contributed by atoms with Crippen molar-refractivity contribution in [1.82, 2.24) is 41.0 Å². The summed E-state index contributed by atoms with van der Waals surface area (Å²) in [6, 6.07) is 21.5. The summed E-state index contributed by atoms with van der Waals surface area (Å²) in [6.45, 7) is 0.0213. The molecule has 1 aromatic heterocycles. The molecule has 5 aromatic rings. The van der Waals surface area contributed by atoms with Crippen molar-refractivity contribution in [1.29, 1.82) is 0 Å². The van der Waals surface area contributed by atoms with Gasteiger partial charge in [-0.15, -0.1) is 0 Å². The Morgan fingerprint density at radius 3 is 2.24 bits per heavy atom. The number of rotatable bonds is 19. The van der Waals surface area contributed by atoms with E-state index in [0.717, 1.165) is 34.9 Å². The molecule has 9 rings (SSSR count). The average molecular weight is 1160 g/mol. The van der Waals surface area contributed by atoms with Crippen LogP contribution in [0.1, 0.15) is 132 Å². The minimum absolute atomic E-state index is 0.00121. The molecule has 24 heteroatoms. The standard InChI is InChI=1S/C59H62F2N9O12P/c60-59(61,83(80,81)82)40-19-22-43-38(31-40)32-45(63-43)54(75)65-46-34-68(51(73)17-11-3-1-2-6-12-35-18-21-42-39(30-35)33-69(57(42)78)47-25-27-50(72)66-55(47)76)29-28-41-20-24-48(70(41)58(46)79)56(77)64-44(23-26-49(62)71)53(74)67-52(36-13-7-4-8-14-36)37-15-9-5-10-16-37/h4-5,7-10,13-16,18-19,21-22,30-32,41,44,46-48,52,63H,1-3,11,17,20,23-29,33-34H2,(H2,62,71)(H,64,77)(H,65,75)(H,67,74)(H,66,72,76)(H2,80,81,82)/t41-,44+,46+,47?,48+/m1/s1. The molecule has 3 fully saturated rings. The van der Waals surface area contributed by atoms with E-state index >= 15 is 4.79 Å². The smallest absolute Gasteiger partial charge is 0.370 e. The number of nitrogens with zero attached hydrogens (tertiary/aromatic N) is 3. The number of piperidine rings is 1. The molecule has 4 aliphatic heterocycles. The second-order valence-corrected chi connectivity index (χ2v) is 22.8. The van der Waals surface area contributed by atoms with Gasteiger partial charge in [-0.2, -0.15) is 8.78 Å². The fourth-order valence-corrected chi connectivity index (χ4v) is 11.6. The number of amides is 9. The zero-order valence-corrected chi connectivity index (χ0v) is 45.9. The molecule has 21 nitrogen and oxygen atoms in total. The van der Waals surface area contributed by atoms with Gasteiger partial charge in [0.2, 0.25) is 41.4 Å². The third kappa shape index (κ3) is 13.5. The number of nitrogens with one attached hydrogen (secondary N) is 5. The molecule has 5 heterocycles. The lowest BCUT2D eigenvalue weighted by Crippen LogP contribution is -2.62. The first kappa shape index (κ1) is 59.1. The number of benzene rings is 4. The number of aromatic amines is 1. The zero-order chi connectivity index (χ0) is 59.2. The van der Waals surface area contributed by atoms with Gasteiger partial charge >= 0.3 is 13.3 Å². The molecule has 9 N–H and O–H groups in total. The van der Waals surface area contributed by atoms with Gasteiger partial charge in [0.15, 0.2) is 0 Å². The van der Waals surface area contributed by atoms with Crippen LogP contribution in [0.5, 0.6) is 0 Å². The molecule has 0 aliphatic carbocycles. The first-order valence-electron chi connectivity index (χ1n) is 27.4. The zero-order valence-electron chi connectivity index (χ0n) is 45.0. The summed E-state index contributed by atoms with van der Waals surface area (Å²) in [6.07, 6.45) is 2.95. The minimum Gasteiger partial charge on any atom is -0.370 e. The van der Waals surface area contributed by atoms with E-state index in [9.17, 15) is 61.5 Å². The van der Waals surface area contributed by atoms with Gasteiger partial charge in [-0.1, -0.05) is 85.0 Å². The van der Waals surface area contributed by atoms with Crippen LogP contribution in [0.3, 0.4) is 0 Å². The van der Waals surface area contributed by atoms with Gasteiger partial charge < -0.3 is 51.2 Å². The number of halogens is 2. The second-order valence-electron chi connectivity index (χ2n) is 21.2. The molecular formula is C59H62F2N9O12P. The van der Waals surface area contributed by atoms with Gasteiger partial charge in [0.1, 0.15) is 29.9 Å². The van der Waals surface area contributed by atoms with Crippen LogP contribution >= 0.6 is 7.60 Å². The number of alkyl halides is 2. The number of H-pyrrole nitrogens is 1. The van der Waals surface area contributed by atoms with Crippen molar-refractivity contribution >= 4 is 71.7 Å². The molecule has 0 radical (unpaired) electrons. The number of primary amides is 1. The number of imide groups is 1. The van der Waals surface area contributed by atoms with E-state index in [0.29, 0.717) is 43.2 Å². The van der Waals surface area contributed by atoms with Crippen LogP contribution < -0.4 is 27.0 Å². The predicted molar refractivity (Wildman–Crippen MR) is 296 cm³/mol. The Morgan fingerprint density at radius 2 is 1.55 bits per heavy atom. The van der Waals surface area contributed by atoms with Crippen molar-refractivity contribution < 1.29 is 66.3 Å². The molecule has 4 aliphatic rings. The number of carbonyl (C=O) groups excluding carboxylic acids is 9. The summed E-state index contributed by atoms with van der Waals surface area (Å²) >= 11 is 0. The van der Waals surface area contributed by atoms with E-state index in [4.69, 9.17) is 5.73 Å². The molecule has 434 valence electrons. The molecule has 4 aromatic carbocycles. The maximum Gasteiger partial charge on any atom is 0.399 e. The summed E-state index contributed by atoms with van der Waals surface area (Å²) < 4.78 is 41.1. The molecule has 0 spiro atoms. The van der Waals surface area contributed by atoms with E-state index < -0.39 is 90.5 Å². The van der Waals surface area contributed by atoms with Crippen LogP contribution in [-0.4, -0.2) is 126 Å². The molecule has 3 saturated heterocycles. The molecule has 0 saturated carbocycles. The Morgan fingerprint density at radius 1 is 0.831 bits per heavy atom. The first-order valence-corrected chi connectivity index (χ1v) is 29.0. The van der Waals surface area contributed by atoms with Crippen LogP contribution in [0.15, 0.2) is 103 Å².